The van der Waals surface area contributed by atoms with Gasteiger partial charge in [0.15, 0.2) is 0 Å². The Labute approximate surface area is 288 Å². The molecule has 5 heteroatoms. The first kappa shape index (κ1) is 29.0. The van der Waals surface area contributed by atoms with Gasteiger partial charge in [0, 0.05) is 38.7 Å². The Morgan fingerprint density at radius 3 is 1.74 bits per heavy atom. The minimum atomic E-state index is 0.0826. The molecular weight excluding hydrogens is 611 g/mol. The third kappa shape index (κ3) is 4.37. The number of benzene rings is 6. The van der Waals surface area contributed by atoms with Crippen molar-refractivity contribution in [1.82, 2.24) is 9.13 Å². The van der Waals surface area contributed by atoms with Crippen molar-refractivity contribution in [2.45, 2.75) is 12.3 Å². The first-order valence-electron chi connectivity index (χ1n) is 16.6. The molecule has 50 heavy (non-hydrogen) atoms. The van der Waals surface area contributed by atoms with Crippen molar-refractivity contribution in [3.05, 3.63) is 168 Å². The lowest BCUT2D eigenvalue weighted by Gasteiger charge is -2.25. The van der Waals surface area contributed by atoms with Crippen LogP contribution in [0.5, 0.6) is 0 Å². The molecule has 1 aliphatic carbocycles. The molecule has 0 saturated heterocycles. The molecule has 2 aromatic heterocycles. The Kier molecular flexibility index (Phi) is 6.70. The summed E-state index contributed by atoms with van der Waals surface area (Å²) >= 11 is 0. The van der Waals surface area contributed by atoms with Crippen LogP contribution in [0.1, 0.15) is 34.6 Å². The predicted octanol–water partition coefficient (Wildman–Crippen LogP) is 10.8. The quantitative estimate of drug-likeness (QED) is 0.193. The van der Waals surface area contributed by atoms with E-state index in [2.05, 4.69) is 124 Å². The fourth-order valence-electron chi connectivity index (χ4n) is 7.83. The van der Waals surface area contributed by atoms with E-state index in [1.165, 1.54) is 33.1 Å². The van der Waals surface area contributed by atoms with Crippen molar-refractivity contribution >= 4 is 49.3 Å². The first-order valence-corrected chi connectivity index (χ1v) is 16.6. The van der Waals surface area contributed by atoms with Gasteiger partial charge in [0.2, 0.25) is 0 Å². The lowest BCUT2D eigenvalue weighted by Crippen LogP contribution is -2.08. The molecule has 6 aromatic carbocycles. The van der Waals surface area contributed by atoms with Crippen molar-refractivity contribution < 1.29 is 0 Å². The van der Waals surface area contributed by atoms with Crippen LogP contribution >= 0.6 is 0 Å². The number of hydrogen-bond acceptors (Lipinski definition) is 3. The average Bonchev–Trinajstić information content (AvgIpc) is 3.69. The van der Waals surface area contributed by atoms with Gasteiger partial charge in [0.1, 0.15) is 6.07 Å². The molecule has 0 fully saturated rings. The SMILES string of the molecule is N#Cc1ccc2c(c1)c1cc(C#N)ccc1n2-c1c(C#N)cccc1-c1ccccc1C1C=CC=C(n2c3ccccc3c3ccccc32)C1. The fourth-order valence-corrected chi connectivity index (χ4v) is 7.83. The van der Waals surface area contributed by atoms with Gasteiger partial charge in [-0.3, -0.25) is 0 Å². The Morgan fingerprint density at radius 1 is 0.520 bits per heavy atom. The number of rotatable bonds is 4. The second-order valence-electron chi connectivity index (χ2n) is 12.6. The highest BCUT2D eigenvalue weighted by molar-refractivity contribution is 6.11. The zero-order valence-corrected chi connectivity index (χ0v) is 26.9. The topological polar surface area (TPSA) is 81.2 Å². The maximum absolute atomic E-state index is 10.6. The highest BCUT2D eigenvalue weighted by atomic mass is 15.0. The van der Waals surface area contributed by atoms with Crippen LogP contribution in [0.3, 0.4) is 0 Å². The Balaban J connectivity index is 1.23. The van der Waals surface area contributed by atoms with Gasteiger partial charge < -0.3 is 9.13 Å². The monoisotopic (exact) mass is 637 g/mol. The van der Waals surface area contributed by atoms with Crippen LogP contribution in [0.25, 0.3) is 66.1 Å². The molecule has 0 N–H and O–H groups in total. The smallest absolute Gasteiger partial charge is 0.101 e. The van der Waals surface area contributed by atoms with E-state index in [1.807, 2.05) is 36.4 Å². The van der Waals surface area contributed by atoms with E-state index >= 15 is 0 Å². The van der Waals surface area contributed by atoms with E-state index < -0.39 is 0 Å². The van der Waals surface area contributed by atoms with Crippen LogP contribution in [0, 0.1) is 34.0 Å². The molecule has 0 aliphatic heterocycles. The zero-order chi connectivity index (χ0) is 33.8. The second-order valence-corrected chi connectivity index (χ2v) is 12.6. The molecule has 0 spiro atoms. The molecule has 0 bridgehead atoms. The summed E-state index contributed by atoms with van der Waals surface area (Å²) in [6.07, 6.45) is 7.47. The molecule has 5 nitrogen and oxygen atoms in total. The van der Waals surface area contributed by atoms with Gasteiger partial charge in [0.05, 0.1) is 56.6 Å². The molecule has 0 saturated carbocycles. The summed E-state index contributed by atoms with van der Waals surface area (Å²) in [5, 5.41) is 34.2. The molecule has 1 atom stereocenters. The van der Waals surface area contributed by atoms with Gasteiger partial charge in [-0.15, -0.1) is 0 Å². The van der Waals surface area contributed by atoms with E-state index in [0.717, 1.165) is 45.0 Å². The summed E-state index contributed by atoms with van der Waals surface area (Å²) in [6.45, 7) is 0. The number of aromatic nitrogens is 2. The van der Waals surface area contributed by atoms with Crippen LogP contribution in [0.15, 0.2) is 146 Å². The number of para-hydroxylation sites is 3. The number of fused-ring (bicyclic) bond motifs is 6. The van der Waals surface area contributed by atoms with E-state index in [0.29, 0.717) is 16.7 Å². The first-order chi connectivity index (χ1) is 24.7. The highest BCUT2D eigenvalue weighted by Gasteiger charge is 2.25. The van der Waals surface area contributed by atoms with Gasteiger partial charge in [-0.2, -0.15) is 15.8 Å². The Hall–Kier alpha value is -7.13. The van der Waals surface area contributed by atoms with Gasteiger partial charge >= 0.3 is 0 Å². The van der Waals surface area contributed by atoms with E-state index in [9.17, 15) is 15.8 Å². The van der Waals surface area contributed by atoms with E-state index in [-0.39, 0.29) is 5.92 Å². The number of allylic oxidation sites excluding steroid dienone is 4. The Morgan fingerprint density at radius 2 is 1.10 bits per heavy atom. The summed E-state index contributed by atoms with van der Waals surface area (Å²) < 4.78 is 4.52. The van der Waals surface area contributed by atoms with Gasteiger partial charge in [-0.1, -0.05) is 84.9 Å². The van der Waals surface area contributed by atoms with Crippen molar-refractivity contribution in [3.63, 3.8) is 0 Å². The largest absolute Gasteiger partial charge is 0.313 e. The van der Waals surface area contributed by atoms with Crippen LogP contribution in [0.4, 0.5) is 0 Å². The summed E-state index contributed by atoms with van der Waals surface area (Å²) in [5.41, 5.74) is 10.9. The van der Waals surface area contributed by atoms with Crippen LogP contribution < -0.4 is 0 Å². The minimum absolute atomic E-state index is 0.0826. The van der Waals surface area contributed by atoms with Crippen LogP contribution in [-0.4, -0.2) is 9.13 Å². The Bertz CT molecular complexity index is 2770. The third-order valence-corrected chi connectivity index (χ3v) is 9.98. The third-order valence-electron chi connectivity index (χ3n) is 9.98. The molecule has 2 heterocycles. The molecule has 8 aromatic rings. The molecule has 232 valence electrons. The summed E-state index contributed by atoms with van der Waals surface area (Å²) in [7, 11) is 0. The molecular formula is C45H27N5. The van der Waals surface area contributed by atoms with E-state index in [1.54, 1.807) is 12.1 Å². The minimum Gasteiger partial charge on any atom is -0.313 e. The maximum Gasteiger partial charge on any atom is 0.101 e. The average molecular weight is 638 g/mol. The lowest BCUT2D eigenvalue weighted by atomic mass is 9.84. The van der Waals surface area contributed by atoms with Gasteiger partial charge in [0.25, 0.3) is 0 Å². The molecule has 9 rings (SSSR count). The normalized spacial score (nSPS) is 14.1. The fraction of sp³-hybridized carbons (Fsp3) is 0.0444. The van der Waals surface area contributed by atoms with Crippen molar-refractivity contribution in [3.8, 4) is 35.0 Å². The predicted molar refractivity (Wildman–Crippen MR) is 201 cm³/mol. The lowest BCUT2D eigenvalue weighted by molar-refractivity contribution is 0.838. The van der Waals surface area contributed by atoms with Crippen molar-refractivity contribution in [2.24, 2.45) is 0 Å². The highest BCUT2D eigenvalue weighted by Crippen LogP contribution is 2.43. The van der Waals surface area contributed by atoms with Crippen molar-refractivity contribution in [2.75, 3.05) is 0 Å². The van der Waals surface area contributed by atoms with Gasteiger partial charge in [-0.05, 0) is 78.2 Å². The van der Waals surface area contributed by atoms with Crippen LogP contribution in [-0.2, 0) is 0 Å². The second kappa shape index (κ2) is 11.5. The summed E-state index contributed by atoms with van der Waals surface area (Å²) in [4.78, 5) is 0. The summed E-state index contributed by atoms with van der Waals surface area (Å²) in [6, 6.07) is 49.8. The molecule has 1 aliphatic rings. The van der Waals surface area contributed by atoms with Gasteiger partial charge in [-0.25, -0.2) is 0 Å². The standard InChI is InChI=1S/C45H27N5/c46-26-29-19-21-43-39(23-29)40-24-30(27-47)20-22-44(40)50(43)45-32(28-48)10-8-16-38(45)35-13-2-1-12-34(35)31-9-7-11-33(25-31)49-41-17-5-3-14-36(41)37-15-4-6-18-42(37)49/h1-24,31H,25H2. The van der Waals surface area contributed by atoms with Crippen molar-refractivity contribution in [1.29, 1.82) is 15.8 Å². The zero-order valence-electron chi connectivity index (χ0n) is 26.9. The summed E-state index contributed by atoms with van der Waals surface area (Å²) in [5.74, 6) is 0.0826. The molecule has 1 unspecified atom stereocenters. The number of hydrogen-bond donors (Lipinski definition) is 0. The number of nitrogens with zero attached hydrogens (tertiary/aromatic N) is 5. The molecule has 0 amide bonds. The molecule has 0 radical (unpaired) electrons. The maximum atomic E-state index is 10.6. The number of nitriles is 3. The van der Waals surface area contributed by atoms with E-state index in [4.69, 9.17) is 0 Å². The van der Waals surface area contributed by atoms with Crippen LogP contribution in [0.2, 0.25) is 0 Å².